The Morgan fingerprint density at radius 2 is 1.57 bits per heavy atom. The molecule has 0 unspecified atom stereocenters. The third-order valence-electron chi connectivity index (χ3n) is 4.75. The first kappa shape index (κ1) is 25.6. The summed E-state index contributed by atoms with van der Waals surface area (Å²) in [6.45, 7) is 3.97. The number of hydrogen-bond donors (Lipinski definition) is 2. The van der Waals surface area contributed by atoms with Crippen LogP contribution in [0.3, 0.4) is 0 Å². The topological polar surface area (TPSA) is 107 Å². The van der Waals surface area contributed by atoms with E-state index in [4.69, 9.17) is 14.2 Å². The summed E-state index contributed by atoms with van der Waals surface area (Å²) >= 11 is 0. The van der Waals surface area contributed by atoms with E-state index in [9.17, 15) is 13.6 Å². The maximum absolute atomic E-state index is 13.5. The number of carbonyl (C=O) groups excluding carboxylic acids is 1. The summed E-state index contributed by atoms with van der Waals surface area (Å²) in [5.74, 6) is -0.458. The molecule has 2 aromatic carbocycles. The van der Waals surface area contributed by atoms with Gasteiger partial charge in [0.1, 0.15) is 29.2 Å². The Morgan fingerprint density at radius 3 is 2.17 bits per heavy atom. The summed E-state index contributed by atoms with van der Waals surface area (Å²) in [6, 6.07) is 9.18. The third kappa shape index (κ3) is 7.76. The minimum atomic E-state index is -0.707. The normalized spacial score (nSPS) is 11.6. The van der Waals surface area contributed by atoms with E-state index in [1.807, 2.05) is 13.8 Å². The van der Waals surface area contributed by atoms with Crippen LogP contribution in [0.5, 0.6) is 17.5 Å². The fourth-order valence-corrected chi connectivity index (χ4v) is 3.17. The maximum Gasteiger partial charge on any atom is 0.328 e. The summed E-state index contributed by atoms with van der Waals surface area (Å²) in [6.07, 6.45) is 0.471. The van der Waals surface area contributed by atoms with Gasteiger partial charge in [-0.05, 0) is 54.3 Å². The molecule has 0 bridgehead atoms. The predicted octanol–water partition coefficient (Wildman–Crippen LogP) is 4.56. The highest BCUT2D eigenvalue weighted by Crippen LogP contribution is 2.23. The van der Waals surface area contributed by atoms with Crippen LogP contribution in [0.15, 0.2) is 42.5 Å². The number of nitrogens with zero attached hydrogens (tertiary/aromatic N) is 3. The van der Waals surface area contributed by atoms with Crippen LogP contribution in [0, 0.1) is 17.6 Å². The molecule has 35 heavy (non-hydrogen) atoms. The molecule has 0 radical (unpaired) electrons. The van der Waals surface area contributed by atoms with Gasteiger partial charge in [0.15, 0.2) is 0 Å². The van der Waals surface area contributed by atoms with Gasteiger partial charge in [0.25, 0.3) is 0 Å². The van der Waals surface area contributed by atoms with Gasteiger partial charge >= 0.3 is 12.0 Å². The lowest BCUT2D eigenvalue weighted by molar-refractivity contribution is -0.141. The lowest BCUT2D eigenvalue weighted by Gasteiger charge is -2.19. The number of nitrogens with one attached hydrogen (secondary N) is 2. The molecule has 0 saturated heterocycles. The Bertz CT molecular complexity index is 1130. The molecule has 3 rings (SSSR count). The van der Waals surface area contributed by atoms with Crippen molar-refractivity contribution in [3.8, 4) is 17.5 Å². The van der Waals surface area contributed by atoms with Crippen molar-refractivity contribution < 1.29 is 27.8 Å². The van der Waals surface area contributed by atoms with Crippen molar-refractivity contribution in [2.24, 2.45) is 5.92 Å². The van der Waals surface area contributed by atoms with Gasteiger partial charge in [-0.2, -0.15) is 15.0 Å². The summed E-state index contributed by atoms with van der Waals surface area (Å²) in [5.41, 5.74) is 0.349. The van der Waals surface area contributed by atoms with Crippen LogP contribution in [-0.4, -0.2) is 41.2 Å². The van der Waals surface area contributed by atoms with Crippen LogP contribution < -0.4 is 20.1 Å². The molecule has 0 fully saturated rings. The standard InChI is InChI=1S/C24H27F2N5O4/c1-14(2)9-20(21(32)34-4)28-23-29-22(27-13-15-10-16(25)12-17(26)11-15)30-24(31-23)35-19-7-5-18(33-3)6-8-19/h5-8,10-12,14,20H,9,13H2,1-4H3,(H2,27,28,29,30,31)/t20-/m0/s1. The summed E-state index contributed by atoms with van der Waals surface area (Å²) in [7, 11) is 2.85. The largest absolute Gasteiger partial charge is 0.497 e. The van der Waals surface area contributed by atoms with Crippen molar-refractivity contribution in [3.05, 3.63) is 59.7 Å². The number of carbonyl (C=O) groups is 1. The average Bonchev–Trinajstić information content (AvgIpc) is 2.81. The lowest BCUT2D eigenvalue weighted by atomic mass is 10.0. The van der Waals surface area contributed by atoms with Crippen molar-refractivity contribution in [2.45, 2.75) is 32.9 Å². The second-order valence-corrected chi connectivity index (χ2v) is 8.02. The average molecular weight is 488 g/mol. The Labute approximate surface area is 201 Å². The molecule has 1 aromatic heterocycles. The predicted molar refractivity (Wildman–Crippen MR) is 125 cm³/mol. The molecular weight excluding hydrogens is 460 g/mol. The summed E-state index contributed by atoms with van der Waals surface area (Å²) in [5, 5.41) is 5.87. The third-order valence-corrected chi connectivity index (χ3v) is 4.75. The second kappa shape index (κ2) is 11.9. The number of halogens is 2. The van der Waals surface area contributed by atoms with Crippen LogP contribution in [0.25, 0.3) is 0 Å². The number of hydrogen-bond acceptors (Lipinski definition) is 9. The molecule has 0 spiro atoms. The SMILES string of the molecule is COC(=O)[C@H](CC(C)C)Nc1nc(NCc2cc(F)cc(F)c2)nc(Oc2ccc(OC)cc2)n1. The Hall–Kier alpha value is -4.02. The molecule has 0 aliphatic rings. The zero-order chi connectivity index (χ0) is 25.4. The monoisotopic (exact) mass is 487 g/mol. The van der Waals surface area contributed by atoms with Crippen LogP contribution in [-0.2, 0) is 16.1 Å². The number of ether oxygens (including phenoxy) is 3. The van der Waals surface area contributed by atoms with Gasteiger partial charge in [0.2, 0.25) is 11.9 Å². The number of rotatable bonds is 11. The first-order valence-corrected chi connectivity index (χ1v) is 10.9. The fraction of sp³-hybridized carbons (Fsp3) is 0.333. The van der Waals surface area contributed by atoms with E-state index in [0.717, 1.165) is 6.07 Å². The van der Waals surface area contributed by atoms with Gasteiger partial charge in [-0.25, -0.2) is 13.6 Å². The molecule has 0 amide bonds. The molecule has 9 nitrogen and oxygen atoms in total. The molecule has 186 valence electrons. The number of esters is 1. The molecular formula is C24H27F2N5O4. The zero-order valence-electron chi connectivity index (χ0n) is 19.8. The highest BCUT2D eigenvalue weighted by Gasteiger charge is 2.22. The second-order valence-electron chi connectivity index (χ2n) is 8.02. The van der Waals surface area contributed by atoms with Crippen LogP contribution in [0.2, 0.25) is 0 Å². The van der Waals surface area contributed by atoms with E-state index in [1.54, 1.807) is 31.4 Å². The van der Waals surface area contributed by atoms with Gasteiger partial charge in [-0.15, -0.1) is 0 Å². The zero-order valence-corrected chi connectivity index (χ0v) is 19.8. The van der Waals surface area contributed by atoms with Gasteiger partial charge in [-0.3, -0.25) is 0 Å². The van der Waals surface area contributed by atoms with Crippen LogP contribution in [0.1, 0.15) is 25.8 Å². The van der Waals surface area contributed by atoms with E-state index in [0.29, 0.717) is 23.5 Å². The summed E-state index contributed by atoms with van der Waals surface area (Å²) < 4.78 is 42.9. The minimum Gasteiger partial charge on any atom is -0.497 e. The van der Waals surface area contributed by atoms with Gasteiger partial charge < -0.3 is 24.8 Å². The molecule has 3 aromatic rings. The Morgan fingerprint density at radius 1 is 0.943 bits per heavy atom. The molecule has 0 aliphatic carbocycles. The quantitative estimate of drug-likeness (QED) is 0.376. The molecule has 1 heterocycles. The van der Waals surface area contributed by atoms with Crippen LogP contribution in [0.4, 0.5) is 20.7 Å². The van der Waals surface area contributed by atoms with Crippen molar-refractivity contribution in [1.29, 1.82) is 0 Å². The molecule has 0 aliphatic heterocycles. The van der Waals surface area contributed by atoms with Crippen molar-refractivity contribution in [2.75, 3.05) is 24.9 Å². The van der Waals surface area contributed by atoms with Crippen molar-refractivity contribution in [3.63, 3.8) is 0 Å². The van der Waals surface area contributed by atoms with Crippen LogP contribution >= 0.6 is 0 Å². The van der Waals surface area contributed by atoms with E-state index < -0.39 is 23.6 Å². The number of aromatic nitrogens is 3. The minimum absolute atomic E-state index is 0.0343. The number of anilines is 2. The van der Waals surface area contributed by atoms with E-state index in [1.165, 1.54) is 19.2 Å². The summed E-state index contributed by atoms with van der Waals surface area (Å²) in [4.78, 5) is 25.0. The van der Waals surface area contributed by atoms with Gasteiger partial charge in [0, 0.05) is 12.6 Å². The van der Waals surface area contributed by atoms with Crippen molar-refractivity contribution >= 4 is 17.9 Å². The number of benzene rings is 2. The van der Waals surface area contributed by atoms with Gasteiger partial charge in [0.05, 0.1) is 14.2 Å². The fourth-order valence-electron chi connectivity index (χ4n) is 3.17. The van der Waals surface area contributed by atoms with E-state index >= 15 is 0 Å². The first-order chi connectivity index (χ1) is 16.7. The van der Waals surface area contributed by atoms with Gasteiger partial charge in [-0.1, -0.05) is 13.8 Å². The lowest BCUT2D eigenvalue weighted by Crippen LogP contribution is -2.33. The van der Waals surface area contributed by atoms with E-state index in [-0.39, 0.29) is 30.4 Å². The Balaban J connectivity index is 1.88. The molecule has 11 heteroatoms. The van der Waals surface area contributed by atoms with Crippen molar-refractivity contribution in [1.82, 2.24) is 15.0 Å². The smallest absolute Gasteiger partial charge is 0.328 e. The maximum atomic E-state index is 13.5. The molecule has 2 N–H and O–H groups in total. The first-order valence-electron chi connectivity index (χ1n) is 10.9. The molecule has 0 saturated carbocycles. The van der Waals surface area contributed by atoms with E-state index in [2.05, 4.69) is 25.6 Å². The highest BCUT2D eigenvalue weighted by molar-refractivity contribution is 5.78. The molecule has 1 atom stereocenters. The number of methoxy groups -OCH3 is 2. The Kier molecular flexibility index (Phi) is 8.71. The highest BCUT2D eigenvalue weighted by atomic mass is 19.1.